The molecule has 1 aliphatic heterocycles. The fourth-order valence-electron chi connectivity index (χ4n) is 4.42. The highest BCUT2D eigenvalue weighted by Crippen LogP contribution is 2.42. The Balaban J connectivity index is 1.73. The summed E-state index contributed by atoms with van der Waals surface area (Å²) in [6, 6.07) is 8.86. The Labute approximate surface area is 169 Å². The van der Waals surface area contributed by atoms with E-state index in [-0.39, 0.29) is 12.0 Å². The van der Waals surface area contributed by atoms with Crippen LogP contribution in [-0.2, 0) is 4.74 Å². The second kappa shape index (κ2) is 7.45. The smallest absolute Gasteiger partial charge is 0.130 e. The first kappa shape index (κ1) is 18.1. The van der Waals surface area contributed by atoms with Crippen LogP contribution in [0.3, 0.4) is 0 Å². The van der Waals surface area contributed by atoms with Crippen molar-refractivity contribution in [3.63, 3.8) is 0 Å². The summed E-state index contributed by atoms with van der Waals surface area (Å²) in [7, 11) is 0. The first-order valence-corrected chi connectivity index (χ1v) is 10.3. The largest absolute Gasteiger partial charge is 0.377 e. The van der Waals surface area contributed by atoms with Gasteiger partial charge < -0.3 is 9.64 Å². The summed E-state index contributed by atoms with van der Waals surface area (Å²) in [6.07, 6.45) is 6.96. The van der Waals surface area contributed by atoms with E-state index in [0.717, 1.165) is 53.1 Å². The summed E-state index contributed by atoms with van der Waals surface area (Å²) >= 11 is 0. The number of H-pyrrole nitrogens is 1. The minimum atomic E-state index is -0.124. The molecule has 0 bridgehead atoms. The lowest BCUT2D eigenvalue weighted by Gasteiger charge is -2.35. The number of anilines is 1. The third kappa shape index (κ3) is 3.14. The molecule has 0 amide bonds. The first-order chi connectivity index (χ1) is 14.3. The van der Waals surface area contributed by atoms with Gasteiger partial charge in [0.15, 0.2) is 0 Å². The average Bonchev–Trinajstić information content (AvgIpc) is 3.24. The number of morpholine rings is 1. The van der Waals surface area contributed by atoms with Crippen LogP contribution >= 0.6 is 0 Å². The summed E-state index contributed by atoms with van der Waals surface area (Å²) in [5.41, 5.74) is 3.49. The number of nitrogens with one attached hydrogen (secondary N) is 1. The zero-order valence-electron chi connectivity index (χ0n) is 16.5. The van der Waals surface area contributed by atoms with Gasteiger partial charge in [0, 0.05) is 24.3 Å². The fourth-order valence-corrected chi connectivity index (χ4v) is 4.42. The molecule has 5 rings (SSSR count). The molecule has 3 aromatic rings. The molecule has 0 spiro atoms. The molecule has 1 saturated carbocycles. The van der Waals surface area contributed by atoms with Crippen LogP contribution in [0.1, 0.15) is 37.7 Å². The summed E-state index contributed by atoms with van der Waals surface area (Å²) in [5.74, 6) is 1.20. The molecule has 148 valence electrons. The number of hydrogen-bond donors (Lipinski definition) is 1. The Kier molecular flexibility index (Phi) is 4.64. The molecule has 29 heavy (non-hydrogen) atoms. The van der Waals surface area contributed by atoms with Crippen molar-refractivity contribution in [1.82, 2.24) is 20.2 Å². The van der Waals surface area contributed by atoms with Gasteiger partial charge in [-0.25, -0.2) is 4.98 Å². The van der Waals surface area contributed by atoms with Crippen molar-refractivity contribution in [3.05, 3.63) is 36.2 Å². The summed E-state index contributed by atoms with van der Waals surface area (Å²) < 4.78 is 5.62. The molecule has 1 saturated heterocycles. The maximum Gasteiger partial charge on any atom is 0.130 e. The maximum atomic E-state index is 10.0. The molecule has 0 aromatic carbocycles. The van der Waals surface area contributed by atoms with Crippen molar-refractivity contribution in [1.29, 1.82) is 5.26 Å². The highest BCUT2D eigenvalue weighted by atomic mass is 16.5. The molecule has 3 aromatic heterocycles. The normalized spacial score (nSPS) is 21.0. The van der Waals surface area contributed by atoms with Gasteiger partial charge in [0.1, 0.15) is 17.0 Å². The molecule has 2 aliphatic rings. The van der Waals surface area contributed by atoms with Crippen molar-refractivity contribution in [2.75, 3.05) is 24.7 Å². The fraction of sp³-hybridized carbons (Fsp3) is 0.455. The molecule has 0 radical (unpaired) electrons. The number of fused-ring (bicyclic) bond motifs is 1. The molecule has 2 fully saturated rings. The monoisotopic (exact) mass is 388 g/mol. The van der Waals surface area contributed by atoms with Crippen molar-refractivity contribution in [2.45, 2.75) is 38.1 Å². The standard InChI is InChI=1S/C22H24N6O/c1-14-13-29-10-9-28(14)20-11-17(18(12-23)15-3-2-4-15)16-5-7-24-22(21(16)26-20)19-6-8-25-27-19/h5-8,11,14-15,18H,2-4,9-10,13H2,1H3,(H,25,27)/t14-,18?/m1/s1. The van der Waals surface area contributed by atoms with Gasteiger partial charge in [-0.15, -0.1) is 0 Å². The van der Waals surface area contributed by atoms with E-state index in [1.54, 1.807) is 12.4 Å². The van der Waals surface area contributed by atoms with E-state index < -0.39 is 0 Å². The second-order valence-electron chi connectivity index (χ2n) is 8.01. The summed E-state index contributed by atoms with van der Waals surface area (Å²) in [6.45, 7) is 4.31. The van der Waals surface area contributed by atoms with Gasteiger partial charge in [-0.1, -0.05) is 6.42 Å². The van der Waals surface area contributed by atoms with Gasteiger partial charge in [0.25, 0.3) is 0 Å². The SMILES string of the molecule is C[C@@H]1COCCN1c1cc(C(C#N)C2CCC2)c2ccnc(-c3ccn[nH]3)c2n1. The molecule has 1 unspecified atom stereocenters. The number of aromatic amines is 1. The van der Waals surface area contributed by atoms with Crippen molar-refractivity contribution in [2.24, 2.45) is 5.92 Å². The molecular formula is C22H24N6O. The lowest BCUT2D eigenvalue weighted by Crippen LogP contribution is -2.44. The molecular weight excluding hydrogens is 364 g/mol. The molecule has 7 heteroatoms. The zero-order chi connectivity index (χ0) is 19.8. The van der Waals surface area contributed by atoms with Gasteiger partial charge in [-0.3, -0.25) is 10.1 Å². The number of pyridine rings is 2. The lowest BCUT2D eigenvalue weighted by atomic mass is 9.73. The van der Waals surface area contributed by atoms with Crippen LogP contribution in [0.15, 0.2) is 30.6 Å². The van der Waals surface area contributed by atoms with E-state index >= 15 is 0 Å². The van der Waals surface area contributed by atoms with Gasteiger partial charge in [-0.05, 0) is 49.4 Å². The van der Waals surface area contributed by atoms with Gasteiger partial charge in [-0.2, -0.15) is 10.4 Å². The zero-order valence-corrected chi connectivity index (χ0v) is 16.5. The van der Waals surface area contributed by atoms with Crippen molar-refractivity contribution < 1.29 is 4.74 Å². The Morgan fingerprint density at radius 2 is 2.21 bits per heavy atom. The maximum absolute atomic E-state index is 10.0. The first-order valence-electron chi connectivity index (χ1n) is 10.3. The van der Waals surface area contributed by atoms with Crippen LogP contribution in [0.4, 0.5) is 5.82 Å². The highest BCUT2D eigenvalue weighted by Gasteiger charge is 2.32. The van der Waals surface area contributed by atoms with Gasteiger partial charge >= 0.3 is 0 Å². The van der Waals surface area contributed by atoms with Crippen LogP contribution in [0, 0.1) is 17.2 Å². The minimum absolute atomic E-state index is 0.124. The Hall–Kier alpha value is -2.98. The number of hydrogen-bond acceptors (Lipinski definition) is 6. The Bertz CT molecular complexity index is 1050. The quantitative estimate of drug-likeness (QED) is 0.734. The third-order valence-corrected chi connectivity index (χ3v) is 6.26. The Morgan fingerprint density at radius 1 is 1.31 bits per heavy atom. The van der Waals surface area contributed by atoms with E-state index in [1.165, 1.54) is 6.42 Å². The second-order valence-corrected chi connectivity index (χ2v) is 8.01. The number of nitriles is 1. The summed E-state index contributed by atoms with van der Waals surface area (Å²) in [4.78, 5) is 11.9. The molecule has 1 aliphatic carbocycles. The van der Waals surface area contributed by atoms with Crippen LogP contribution < -0.4 is 4.90 Å². The highest BCUT2D eigenvalue weighted by molar-refractivity contribution is 5.94. The van der Waals surface area contributed by atoms with Crippen molar-refractivity contribution >= 4 is 16.7 Å². The molecule has 7 nitrogen and oxygen atoms in total. The average molecular weight is 388 g/mol. The van der Waals surface area contributed by atoms with E-state index in [9.17, 15) is 5.26 Å². The number of nitrogens with zero attached hydrogens (tertiary/aromatic N) is 5. The minimum Gasteiger partial charge on any atom is -0.377 e. The third-order valence-electron chi connectivity index (χ3n) is 6.26. The van der Waals surface area contributed by atoms with E-state index in [1.807, 2.05) is 12.1 Å². The molecule has 2 atom stereocenters. The van der Waals surface area contributed by atoms with E-state index in [0.29, 0.717) is 19.1 Å². The van der Waals surface area contributed by atoms with Crippen LogP contribution in [0.2, 0.25) is 0 Å². The predicted molar refractivity (Wildman–Crippen MR) is 110 cm³/mol. The number of rotatable bonds is 4. The topological polar surface area (TPSA) is 90.7 Å². The van der Waals surface area contributed by atoms with Crippen LogP contribution in [-0.4, -0.2) is 46.0 Å². The van der Waals surface area contributed by atoms with Gasteiger partial charge in [0.05, 0.1) is 36.9 Å². The van der Waals surface area contributed by atoms with Crippen LogP contribution in [0.25, 0.3) is 22.3 Å². The van der Waals surface area contributed by atoms with E-state index in [2.05, 4.69) is 39.1 Å². The van der Waals surface area contributed by atoms with E-state index in [4.69, 9.17) is 9.72 Å². The number of aromatic nitrogens is 4. The molecule has 4 heterocycles. The number of ether oxygens (including phenoxy) is 1. The lowest BCUT2D eigenvalue weighted by molar-refractivity contribution is 0.0985. The molecule has 1 N–H and O–H groups in total. The predicted octanol–water partition coefficient (Wildman–Crippen LogP) is 3.65. The van der Waals surface area contributed by atoms with Crippen molar-refractivity contribution in [3.8, 4) is 17.5 Å². The van der Waals surface area contributed by atoms with Crippen LogP contribution in [0.5, 0.6) is 0 Å². The Morgan fingerprint density at radius 3 is 2.90 bits per heavy atom. The van der Waals surface area contributed by atoms with Gasteiger partial charge in [0.2, 0.25) is 0 Å². The summed E-state index contributed by atoms with van der Waals surface area (Å²) in [5, 5.41) is 18.1.